The first-order chi connectivity index (χ1) is 12.7. The quantitative estimate of drug-likeness (QED) is 0.823. The van der Waals surface area contributed by atoms with E-state index in [0.29, 0.717) is 13.1 Å². The van der Waals surface area contributed by atoms with Crippen LogP contribution in [0.2, 0.25) is 0 Å². The molecule has 4 heterocycles. The summed E-state index contributed by atoms with van der Waals surface area (Å²) in [6, 6.07) is 1.97. The number of rotatable bonds is 3. The van der Waals surface area contributed by atoms with E-state index in [1.165, 1.54) is 30.6 Å². The van der Waals surface area contributed by atoms with Gasteiger partial charge in [0.2, 0.25) is 5.95 Å². The number of aromatic nitrogens is 3. The summed E-state index contributed by atoms with van der Waals surface area (Å²) in [7, 11) is 0. The van der Waals surface area contributed by atoms with Gasteiger partial charge in [-0.2, -0.15) is 4.98 Å². The lowest BCUT2D eigenvalue weighted by Gasteiger charge is -2.35. The minimum Gasteiger partial charge on any atom is -0.353 e. The Morgan fingerprint density at radius 1 is 1.00 bits per heavy atom. The number of anilines is 2. The standard InChI is InChI=1S/C18H24N6OS/c1-14-16(26-13-20-14)17(25)23-11-9-22(10-12-23)15-5-6-19-18(21-15)24-7-3-2-4-8-24/h5-6,13H,2-4,7-12H2,1H3. The largest absolute Gasteiger partial charge is 0.353 e. The monoisotopic (exact) mass is 372 g/mol. The number of thiazole rings is 1. The van der Waals surface area contributed by atoms with E-state index in [2.05, 4.69) is 19.8 Å². The third kappa shape index (κ3) is 3.51. The van der Waals surface area contributed by atoms with E-state index in [9.17, 15) is 4.79 Å². The summed E-state index contributed by atoms with van der Waals surface area (Å²) >= 11 is 1.42. The Morgan fingerprint density at radius 2 is 1.77 bits per heavy atom. The van der Waals surface area contributed by atoms with Gasteiger partial charge in [-0.3, -0.25) is 4.79 Å². The second-order valence-electron chi connectivity index (χ2n) is 6.81. The van der Waals surface area contributed by atoms with E-state index in [4.69, 9.17) is 4.98 Å². The van der Waals surface area contributed by atoms with Crippen LogP contribution in [-0.2, 0) is 0 Å². The summed E-state index contributed by atoms with van der Waals surface area (Å²) in [4.78, 5) is 33.3. The molecular formula is C18H24N6OS. The van der Waals surface area contributed by atoms with Gasteiger partial charge < -0.3 is 14.7 Å². The highest BCUT2D eigenvalue weighted by atomic mass is 32.1. The normalized spacial score (nSPS) is 18.3. The molecule has 0 unspecified atom stereocenters. The highest BCUT2D eigenvalue weighted by Gasteiger charge is 2.25. The highest BCUT2D eigenvalue weighted by molar-refractivity contribution is 7.11. The molecule has 2 aromatic rings. The fraction of sp³-hybridized carbons (Fsp3) is 0.556. The molecule has 0 saturated carbocycles. The van der Waals surface area contributed by atoms with Crippen LogP contribution in [-0.4, -0.2) is 65.0 Å². The maximum atomic E-state index is 12.6. The van der Waals surface area contributed by atoms with Crippen molar-refractivity contribution in [2.45, 2.75) is 26.2 Å². The summed E-state index contributed by atoms with van der Waals surface area (Å²) in [5.74, 6) is 1.89. The van der Waals surface area contributed by atoms with Crippen LogP contribution >= 0.6 is 11.3 Å². The van der Waals surface area contributed by atoms with E-state index in [1.807, 2.05) is 24.1 Å². The summed E-state index contributed by atoms with van der Waals surface area (Å²) in [6.45, 7) is 6.97. The number of amides is 1. The zero-order chi connectivity index (χ0) is 17.9. The zero-order valence-electron chi connectivity index (χ0n) is 15.1. The average Bonchev–Trinajstić information content (AvgIpc) is 3.14. The number of piperidine rings is 1. The minimum absolute atomic E-state index is 0.0985. The average molecular weight is 372 g/mol. The highest BCUT2D eigenvalue weighted by Crippen LogP contribution is 2.21. The molecule has 0 radical (unpaired) electrons. The molecule has 0 aliphatic carbocycles. The van der Waals surface area contributed by atoms with Gasteiger partial charge in [-0.25, -0.2) is 9.97 Å². The van der Waals surface area contributed by atoms with Crippen molar-refractivity contribution in [3.05, 3.63) is 28.3 Å². The Morgan fingerprint density at radius 3 is 2.46 bits per heavy atom. The minimum atomic E-state index is 0.0985. The summed E-state index contributed by atoms with van der Waals surface area (Å²) in [5, 5.41) is 0. The number of carbonyl (C=O) groups is 1. The van der Waals surface area contributed by atoms with Crippen molar-refractivity contribution >= 4 is 29.0 Å². The molecule has 2 fully saturated rings. The Labute approximate surface area is 157 Å². The van der Waals surface area contributed by atoms with Crippen LogP contribution in [0.3, 0.4) is 0 Å². The molecule has 26 heavy (non-hydrogen) atoms. The van der Waals surface area contributed by atoms with Crippen LogP contribution < -0.4 is 9.80 Å². The number of carbonyl (C=O) groups excluding carboxylic acids is 1. The Bertz CT molecular complexity index is 765. The Balaban J connectivity index is 1.40. The molecule has 138 valence electrons. The lowest BCUT2D eigenvalue weighted by molar-refractivity contribution is 0.0750. The topological polar surface area (TPSA) is 65.5 Å². The van der Waals surface area contributed by atoms with Gasteiger partial charge >= 0.3 is 0 Å². The van der Waals surface area contributed by atoms with Crippen LogP contribution in [0.5, 0.6) is 0 Å². The SMILES string of the molecule is Cc1ncsc1C(=O)N1CCN(c2ccnc(N3CCCCC3)n2)CC1. The van der Waals surface area contributed by atoms with E-state index >= 15 is 0 Å². The number of hydrogen-bond acceptors (Lipinski definition) is 7. The van der Waals surface area contributed by atoms with Crippen molar-refractivity contribution in [3.63, 3.8) is 0 Å². The summed E-state index contributed by atoms with van der Waals surface area (Å²) in [6.07, 6.45) is 5.58. The molecule has 2 saturated heterocycles. The lowest BCUT2D eigenvalue weighted by Crippen LogP contribution is -2.49. The molecule has 2 aliphatic rings. The zero-order valence-corrected chi connectivity index (χ0v) is 15.9. The molecule has 1 amide bonds. The van der Waals surface area contributed by atoms with Crippen LogP contribution in [0.1, 0.15) is 34.6 Å². The van der Waals surface area contributed by atoms with Crippen molar-refractivity contribution in [1.29, 1.82) is 0 Å². The van der Waals surface area contributed by atoms with Crippen molar-refractivity contribution in [3.8, 4) is 0 Å². The van der Waals surface area contributed by atoms with E-state index < -0.39 is 0 Å². The maximum absolute atomic E-state index is 12.6. The predicted molar refractivity (Wildman–Crippen MR) is 103 cm³/mol. The Hall–Kier alpha value is -2.22. The van der Waals surface area contributed by atoms with Crippen LogP contribution in [0, 0.1) is 6.92 Å². The van der Waals surface area contributed by atoms with Crippen LogP contribution in [0.4, 0.5) is 11.8 Å². The molecule has 2 aromatic heterocycles. The van der Waals surface area contributed by atoms with Crippen molar-refractivity contribution in [2.24, 2.45) is 0 Å². The molecule has 4 rings (SSSR count). The Kier molecular flexibility index (Phi) is 5.01. The van der Waals surface area contributed by atoms with Gasteiger partial charge in [-0.1, -0.05) is 0 Å². The van der Waals surface area contributed by atoms with Gasteiger partial charge in [-0.05, 0) is 32.3 Å². The molecular weight excluding hydrogens is 348 g/mol. The van der Waals surface area contributed by atoms with E-state index in [1.54, 1.807) is 5.51 Å². The number of aryl methyl sites for hydroxylation is 1. The van der Waals surface area contributed by atoms with Crippen molar-refractivity contribution in [1.82, 2.24) is 19.9 Å². The molecule has 7 nitrogen and oxygen atoms in total. The van der Waals surface area contributed by atoms with Gasteiger partial charge in [0.05, 0.1) is 11.2 Å². The molecule has 2 aliphatic heterocycles. The third-order valence-corrected chi connectivity index (χ3v) is 6.01. The lowest BCUT2D eigenvalue weighted by atomic mass is 10.1. The molecule has 8 heteroatoms. The van der Waals surface area contributed by atoms with E-state index in [-0.39, 0.29) is 5.91 Å². The van der Waals surface area contributed by atoms with Gasteiger partial charge in [0.25, 0.3) is 5.91 Å². The van der Waals surface area contributed by atoms with Gasteiger partial charge in [0.1, 0.15) is 10.7 Å². The molecule has 0 N–H and O–H groups in total. The summed E-state index contributed by atoms with van der Waals surface area (Å²) < 4.78 is 0. The van der Waals surface area contributed by atoms with Gasteiger partial charge in [0.15, 0.2) is 0 Å². The predicted octanol–water partition coefficient (Wildman–Crippen LogP) is 2.19. The first-order valence-electron chi connectivity index (χ1n) is 9.24. The smallest absolute Gasteiger partial charge is 0.265 e. The molecule has 0 atom stereocenters. The third-order valence-electron chi connectivity index (χ3n) is 5.10. The van der Waals surface area contributed by atoms with Crippen molar-refractivity contribution in [2.75, 3.05) is 49.1 Å². The van der Waals surface area contributed by atoms with Crippen molar-refractivity contribution < 1.29 is 4.79 Å². The molecule has 0 bridgehead atoms. The maximum Gasteiger partial charge on any atom is 0.265 e. The number of nitrogens with zero attached hydrogens (tertiary/aromatic N) is 6. The van der Waals surface area contributed by atoms with Gasteiger partial charge in [-0.15, -0.1) is 11.3 Å². The molecule has 0 aromatic carbocycles. The molecule has 0 spiro atoms. The van der Waals surface area contributed by atoms with Gasteiger partial charge in [0, 0.05) is 45.5 Å². The first kappa shape index (κ1) is 17.2. The van der Waals surface area contributed by atoms with E-state index in [0.717, 1.165) is 48.5 Å². The summed E-state index contributed by atoms with van der Waals surface area (Å²) in [5.41, 5.74) is 2.56. The van der Waals surface area contributed by atoms with Crippen LogP contribution in [0.25, 0.3) is 0 Å². The number of piperazine rings is 1. The second kappa shape index (κ2) is 7.57. The number of hydrogen-bond donors (Lipinski definition) is 0. The van der Waals surface area contributed by atoms with Crippen LogP contribution in [0.15, 0.2) is 17.8 Å². The fourth-order valence-corrected chi connectivity index (χ4v) is 4.32. The first-order valence-corrected chi connectivity index (χ1v) is 10.1. The fourth-order valence-electron chi connectivity index (χ4n) is 3.55. The second-order valence-corrected chi connectivity index (χ2v) is 7.66.